The highest BCUT2D eigenvalue weighted by Crippen LogP contribution is 2.70. The van der Waals surface area contributed by atoms with Crippen LogP contribution in [0.1, 0.15) is 127 Å². The summed E-state index contributed by atoms with van der Waals surface area (Å²) < 4.78 is 0. The second-order valence-electron chi connectivity index (χ2n) is 16.3. The quantitative estimate of drug-likeness (QED) is 0.291. The Morgan fingerprint density at radius 2 is 1.65 bits per heavy atom. The minimum absolute atomic E-state index is 0.0556. The van der Waals surface area contributed by atoms with Crippen LogP contribution in [0.5, 0.6) is 0 Å². The molecule has 0 aromatic carbocycles. The Morgan fingerprint density at radius 3 is 2.20 bits per heavy atom. The highest BCUT2D eigenvalue weighted by atomic mass is 16.2. The van der Waals surface area contributed by atoms with Crippen molar-refractivity contribution < 1.29 is 14.4 Å². The van der Waals surface area contributed by atoms with Crippen molar-refractivity contribution in [3.05, 3.63) is 11.6 Å². The minimum atomic E-state index is -0.630. The molecule has 2 saturated carbocycles. The molecule has 0 unspecified atom stereocenters. The van der Waals surface area contributed by atoms with Gasteiger partial charge in [-0.2, -0.15) is 5.26 Å². The molecule has 0 saturated heterocycles. The zero-order valence-corrected chi connectivity index (χ0v) is 27.4. The molecule has 3 aliphatic carbocycles. The number of Topliss-reactive ketones (excluding diaryl/α,β-unsaturated/α-hetero) is 2. The van der Waals surface area contributed by atoms with Crippen LogP contribution in [0.15, 0.2) is 11.6 Å². The van der Waals surface area contributed by atoms with Crippen LogP contribution in [0.3, 0.4) is 0 Å². The number of nitriles is 1. The molecule has 40 heavy (non-hydrogen) atoms. The van der Waals surface area contributed by atoms with Gasteiger partial charge in [0.05, 0.1) is 5.57 Å². The third kappa shape index (κ3) is 5.34. The first-order valence-electron chi connectivity index (χ1n) is 15.6. The third-order valence-electron chi connectivity index (χ3n) is 12.3. The topological polar surface area (TPSA) is 78.2 Å². The van der Waals surface area contributed by atoms with Crippen LogP contribution in [0, 0.1) is 55.7 Å². The Kier molecular flexibility index (Phi) is 8.71. The summed E-state index contributed by atoms with van der Waals surface area (Å²) >= 11 is 0. The van der Waals surface area contributed by atoms with Crippen molar-refractivity contribution in [3.63, 3.8) is 0 Å². The summed E-state index contributed by atoms with van der Waals surface area (Å²) in [6, 6.07) is 2.20. The van der Waals surface area contributed by atoms with E-state index < -0.39 is 16.2 Å². The van der Waals surface area contributed by atoms with Gasteiger partial charge in [0.25, 0.3) is 0 Å². The molecule has 6 atom stereocenters. The van der Waals surface area contributed by atoms with Gasteiger partial charge in [0, 0.05) is 37.8 Å². The summed E-state index contributed by atoms with van der Waals surface area (Å²) in [7, 11) is 3.71. The fourth-order valence-electron chi connectivity index (χ4n) is 9.49. The van der Waals surface area contributed by atoms with Crippen molar-refractivity contribution in [2.75, 3.05) is 14.1 Å². The molecule has 0 radical (unpaired) electrons. The molecule has 224 valence electrons. The maximum Gasteiger partial charge on any atom is 0.227 e. The molecule has 0 aliphatic heterocycles. The monoisotopic (exact) mass is 552 g/mol. The van der Waals surface area contributed by atoms with Crippen molar-refractivity contribution in [2.24, 2.45) is 44.3 Å². The second-order valence-corrected chi connectivity index (χ2v) is 16.3. The maximum atomic E-state index is 13.6. The van der Waals surface area contributed by atoms with Crippen LogP contribution in [-0.4, -0.2) is 36.5 Å². The normalized spacial score (nSPS) is 35.1. The number of carbonyl (C=O) groups is 3. The molecular weight excluding hydrogens is 496 g/mol. The first kappa shape index (κ1) is 32.6. The highest BCUT2D eigenvalue weighted by molar-refractivity contribution is 6.04. The molecule has 0 bridgehead atoms. The number of hydrogen-bond donors (Lipinski definition) is 0. The van der Waals surface area contributed by atoms with E-state index in [2.05, 4.69) is 54.5 Å². The van der Waals surface area contributed by atoms with Gasteiger partial charge < -0.3 is 4.90 Å². The van der Waals surface area contributed by atoms with Gasteiger partial charge in [0.15, 0.2) is 5.78 Å². The summed E-state index contributed by atoms with van der Waals surface area (Å²) in [6.07, 6.45) is 10.5. The van der Waals surface area contributed by atoms with Crippen molar-refractivity contribution in [3.8, 4) is 6.07 Å². The van der Waals surface area contributed by atoms with Crippen LogP contribution in [0.4, 0.5) is 0 Å². The molecule has 0 heterocycles. The van der Waals surface area contributed by atoms with Gasteiger partial charge in [-0.15, -0.1) is 0 Å². The molecule has 3 rings (SSSR count). The van der Waals surface area contributed by atoms with Crippen LogP contribution in [-0.2, 0) is 14.4 Å². The first-order chi connectivity index (χ1) is 18.2. The maximum absolute atomic E-state index is 13.6. The zero-order valence-electron chi connectivity index (χ0n) is 27.4. The number of rotatable bonds is 9. The summed E-state index contributed by atoms with van der Waals surface area (Å²) in [5.41, 5.74) is -1.48. The van der Waals surface area contributed by atoms with E-state index >= 15 is 0 Å². The van der Waals surface area contributed by atoms with Crippen molar-refractivity contribution in [1.82, 2.24) is 4.90 Å². The number of nitrogens with zero attached hydrogens (tertiary/aromatic N) is 2. The lowest BCUT2D eigenvalue weighted by Crippen LogP contribution is -2.62. The van der Waals surface area contributed by atoms with Crippen LogP contribution in [0.25, 0.3) is 0 Å². The van der Waals surface area contributed by atoms with Crippen molar-refractivity contribution >= 4 is 17.5 Å². The fraction of sp³-hybridized carbons (Fsp3) is 0.829. The number of fused-ring (bicyclic) bond motifs is 3. The zero-order chi connectivity index (χ0) is 30.5. The van der Waals surface area contributed by atoms with E-state index in [4.69, 9.17) is 0 Å². The van der Waals surface area contributed by atoms with Crippen molar-refractivity contribution in [2.45, 2.75) is 127 Å². The summed E-state index contributed by atoms with van der Waals surface area (Å²) in [5, 5.41) is 9.88. The number of carbonyl (C=O) groups excluding carboxylic acids is 3. The third-order valence-corrected chi connectivity index (χ3v) is 12.3. The Labute approximate surface area is 244 Å². The van der Waals surface area contributed by atoms with E-state index in [9.17, 15) is 19.6 Å². The van der Waals surface area contributed by atoms with Crippen molar-refractivity contribution in [1.29, 1.82) is 5.26 Å². The van der Waals surface area contributed by atoms with Gasteiger partial charge in [-0.05, 0) is 78.4 Å². The summed E-state index contributed by atoms with van der Waals surface area (Å²) in [4.78, 5) is 42.1. The van der Waals surface area contributed by atoms with Gasteiger partial charge in [-0.1, -0.05) is 74.8 Å². The Hall–Kier alpha value is -1.96. The predicted molar refractivity (Wildman–Crippen MR) is 161 cm³/mol. The number of hydrogen-bond acceptors (Lipinski definition) is 4. The second kappa shape index (κ2) is 10.7. The largest absolute Gasteiger partial charge is 0.348 e. The Balaban J connectivity index is 1.99. The summed E-state index contributed by atoms with van der Waals surface area (Å²) in [5.74, 6) is 0.546. The van der Waals surface area contributed by atoms with E-state index in [1.54, 1.807) is 4.90 Å². The van der Waals surface area contributed by atoms with Gasteiger partial charge in [0.2, 0.25) is 5.91 Å². The Bertz CT molecular complexity index is 1110. The molecule has 5 heteroatoms. The molecule has 0 spiro atoms. The van der Waals surface area contributed by atoms with Crippen LogP contribution >= 0.6 is 0 Å². The predicted octanol–water partition coefficient (Wildman–Crippen LogP) is 7.93. The molecule has 2 fully saturated rings. The van der Waals surface area contributed by atoms with Crippen LogP contribution < -0.4 is 0 Å². The average molecular weight is 553 g/mol. The highest BCUT2D eigenvalue weighted by Gasteiger charge is 2.66. The van der Waals surface area contributed by atoms with E-state index in [1.165, 1.54) is 0 Å². The van der Waals surface area contributed by atoms with Gasteiger partial charge in [0.1, 0.15) is 11.9 Å². The fourth-order valence-corrected chi connectivity index (χ4v) is 9.49. The number of amides is 1. The molecule has 5 nitrogen and oxygen atoms in total. The van der Waals surface area contributed by atoms with Gasteiger partial charge in [-0.25, -0.2) is 0 Å². The van der Waals surface area contributed by atoms with Crippen LogP contribution in [0.2, 0.25) is 0 Å². The summed E-state index contributed by atoms with van der Waals surface area (Å²) in [6.45, 7) is 19.8. The molecule has 0 aromatic rings. The van der Waals surface area contributed by atoms with E-state index in [1.807, 2.05) is 34.0 Å². The molecule has 0 aromatic heterocycles. The van der Waals surface area contributed by atoms with Gasteiger partial charge >= 0.3 is 0 Å². The lowest BCUT2D eigenvalue weighted by Gasteiger charge is -2.66. The van der Waals surface area contributed by atoms with E-state index in [-0.39, 0.29) is 51.1 Å². The molecule has 1 amide bonds. The molecule has 0 N–H and O–H groups in total. The standard InChI is InChI=1S/C35H56N2O3/c1-12-14-30(2,3)16-17-32(6,29(40)37(10)11)18-19-33(7)22-25(38)20-27-34(8)21-24(23-36)28(39)31(4,5)26(34)13-15-35(27,33)9/h21,26-27H,12-20,22H2,1-11H3/t26-,27+,32-,33+,34-,35+/m0/s1. The first-order valence-corrected chi connectivity index (χ1v) is 15.6. The average Bonchev–Trinajstić information content (AvgIpc) is 2.85. The number of ketones is 2. The number of allylic oxidation sites excluding steroid dienone is 2. The smallest absolute Gasteiger partial charge is 0.227 e. The van der Waals surface area contributed by atoms with E-state index in [0.717, 1.165) is 51.4 Å². The molecule has 3 aliphatic rings. The molecular formula is C35H56N2O3. The van der Waals surface area contributed by atoms with E-state index in [0.29, 0.717) is 12.8 Å². The lowest BCUT2D eigenvalue weighted by atomic mass is 9.37. The SMILES string of the molecule is CCCC(C)(C)CC[C@@](C)(CC[C@]1(C)CC(=O)C[C@@H]2[C@@]3(C)C=C(C#N)C(=O)C(C)(C)[C@@H]3CC[C@]21C)C(=O)N(C)C. The lowest BCUT2D eigenvalue weighted by molar-refractivity contribution is -0.175. The minimum Gasteiger partial charge on any atom is -0.348 e. The Morgan fingerprint density at radius 1 is 1.02 bits per heavy atom. The van der Waals surface area contributed by atoms with Gasteiger partial charge in [-0.3, -0.25) is 14.4 Å².